The third-order valence-electron chi connectivity index (χ3n) is 4.89. The van der Waals surface area contributed by atoms with Crippen LogP contribution in [0.1, 0.15) is 44.2 Å². The van der Waals surface area contributed by atoms with E-state index in [-0.39, 0.29) is 6.04 Å². The van der Waals surface area contributed by atoms with Crippen LogP contribution in [-0.4, -0.2) is 14.5 Å². The van der Waals surface area contributed by atoms with Crippen molar-refractivity contribution < 1.29 is 8.42 Å². The lowest BCUT2D eigenvalue weighted by Crippen LogP contribution is -2.37. The summed E-state index contributed by atoms with van der Waals surface area (Å²) in [6, 6.07) is 3.53. The summed E-state index contributed by atoms with van der Waals surface area (Å²) in [5, 5.41) is 0. The molecule has 1 fully saturated rings. The van der Waals surface area contributed by atoms with Gasteiger partial charge in [0.05, 0.1) is 4.90 Å². The van der Waals surface area contributed by atoms with Crippen LogP contribution in [0, 0.1) is 25.7 Å². The number of anilines is 1. The summed E-state index contributed by atoms with van der Waals surface area (Å²) in [4.78, 5) is 0.312. The zero-order valence-electron chi connectivity index (χ0n) is 13.3. The number of hydrogen-bond acceptors (Lipinski definition) is 3. The topological polar surface area (TPSA) is 72.2 Å². The van der Waals surface area contributed by atoms with Crippen molar-refractivity contribution in [2.75, 3.05) is 5.73 Å². The van der Waals surface area contributed by atoms with Crippen LogP contribution in [0.25, 0.3) is 0 Å². The Kier molecular flexibility index (Phi) is 4.63. The predicted molar refractivity (Wildman–Crippen MR) is 86.6 cm³/mol. The van der Waals surface area contributed by atoms with E-state index >= 15 is 0 Å². The minimum atomic E-state index is -3.51. The van der Waals surface area contributed by atoms with Gasteiger partial charge < -0.3 is 5.73 Å². The van der Waals surface area contributed by atoms with Crippen molar-refractivity contribution in [1.29, 1.82) is 0 Å². The molecule has 2 rings (SSSR count). The second-order valence-electron chi connectivity index (χ2n) is 6.31. The third kappa shape index (κ3) is 3.24. The van der Waals surface area contributed by atoms with Crippen molar-refractivity contribution in [3.05, 3.63) is 23.3 Å². The summed E-state index contributed by atoms with van der Waals surface area (Å²) >= 11 is 0. The van der Waals surface area contributed by atoms with Gasteiger partial charge in [0.15, 0.2) is 0 Å². The van der Waals surface area contributed by atoms with Gasteiger partial charge in [-0.3, -0.25) is 0 Å². The van der Waals surface area contributed by atoms with Gasteiger partial charge in [0.2, 0.25) is 10.0 Å². The lowest BCUT2D eigenvalue weighted by molar-refractivity contribution is 0.368. The van der Waals surface area contributed by atoms with Crippen molar-refractivity contribution >= 4 is 15.7 Å². The molecule has 1 aromatic carbocycles. The molecule has 3 atom stereocenters. The first-order valence-electron chi connectivity index (χ1n) is 7.65. The normalized spacial score (nSPS) is 26.2. The van der Waals surface area contributed by atoms with Crippen molar-refractivity contribution in [1.82, 2.24) is 4.72 Å². The summed E-state index contributed by atoms with van der Waals surface area (Å²) in [5.41, 5.74) is 7.93. The summed E-state index contributed by atoms with van der Waals surface area (Å²) in [5.74, 6) is 0.994. The van der Waals surface area contributed by atoms with Crippen molar-refractivity contribution in [3.8, 4) is 0 Å². The van der Waals surface area contributed by atoms with E-state index in [1.165, 1.54) is 0 Å². The largest absolute Gasteiger partial charge is 0.398 e. The average molecular weight is 310 g/mol. The predicted octanol–water partition coefficient (Wildman–Crippen LogP) is 2.99. The fourth-order valence-corrected chi connectivity index (χ4v) is 5.10. The van der Waals surface area contributed by atoms with Crippen LogP contribution in [-0.2, 0) is 10.0 Å². The first kappa shape index (κ1) is 16.3. The van der Waals surface area contributed by atoms with Crippen LogP contribution in [0.3, 0.4) is 0 Å². The molecule has 1 aromatic rings. The second-order valence-corrected chi connectivity index (χ2v) is 7.99. The summed E-state index contributed by atoms with van der Waals surface area (Å²) in [6.45, 7) is 7.94. The van der Waals surface area contributed by atoms with Crippen LogP contribution < -0.4 is 10.5 Å². The number of rotatable bonds is 4. The highest BCUT2D eigenvalue weighted by Gasteiger charge is 2.34. The Labute approximate surface area is 128 Å². The highest BCUT2D eigenvalue weighted by molar-refractivity contribution is 7.89. The fraction of sp³-hybridized carbons (Fsp3) is 0.625. The van der Waals surface area contributed by atoms with E-state index in [1.54, 1.807) is 19.1 Å². The van der Waals surface area contributed by atoms with E-state index < -0.39 is 10.0 Å². The van der Waals surface area contributed by atoms with Crippen molar-refractivity contribution in [3.63, 3.8) is 0 Å². The maximum atomic E-state index is 12.7. The number of sulfonamides is 1. The molecule has 0 aliphatic heterocycles. The molecule has 0 saturated heterocycles. The van der Waals surface area contributed by atoms with Gasteiger partial charge in [-0.25, -0.2) is 13.1 Å². The molecule has 1 aliphatic carbocycles. The maximum absolute atomic E-state index is 12.7. The molecule has 0 radical (unpaired) electrons. The molecule has 1 aliphatic rings. The van der Waals surface area contributed by atoms with Crippen LogP contribution in [0.5, 0.6) is 0 Å². The van der Waals surface area contributed by atoms with Crippen molar-refractivity contribution in [2.24, 2.45) is 11.8 Å². The van der Waals surface area contributed by atoms with Gasteiger partial charge in [-0.2, -0.15) is 0 Å². The van der Waals surface area contributed by atoms with Crippen LogP contribution in [0.4, 0.5) is 5.69 Å². The molecule has 3 unspecified atom stereocenters. The standard InChI is InChI=1S/C16H26N2O2S/c1-5-13-6-7-15(11(13)3)18-21(19,20)16-9-10(2)8-14(17)12(16)4/h8-9,11,13,15,18H,5-7,17H2,1-4H3. The third-order valence-corrected chi connectivity index (χ3v) is 6.51. The van der Waals surface area contributed by atoms with Gasteiger partial charge in [0.1, 0.15) is 0 Å². The van der Waals surface area contributed by atoms with Gasteiger partial charge >= 0.3 is 0 Å². The Balaban J connectivity index is 2.28. The highest BCUT2D eigenvalue weighted by atomic mass is 32.2. The fourth-order valence-electron chi connectivity index (χ4n) is 3.38. The minimum Gasteiger partial charge on any atom is -0.398 e. The van der Waals surface area contributed by atoms with Crippen LogP contribution in [0.15, 0.2) is 17.0 Å². The Morgan fingerprint density at radius 2 is 1.95 bits per heavy atom. The molecule has 21 heavy (non-hydrogen) atoms. The number of hydrogen-bond donors (Lipinski definition) is 2. The minimum absolute atomic E-state index is 0.0288. The monoisotopic (exact) mass is 310 g/mol. The van der Waals surface area contributed by atoms with E-state index in [9.17, 15) is 8.42 Å². The molecule has 0 aromatic heterocycles. The summed E-state index contributed by atoms with van der Waals surface area (Å²) < 4.78 is 28.3. The van der Waals surface area contributed by atoms with E-state index in [4.69, 9.17) is 5.73 Å². The van der Waals surface area contributed by atoms with Gasteiger partial charge in [-0.15, -0.1) is 0 Å². The molecular weight excluding hydrogens is 284 g/mol. The summed E-state index contributed by atoms with van der Waals surface area (Å²) in [7, 11) is -3.51. The van der Waals surface area contributed by atoms with Crippen LogP contribution >= 0.6 is 0 Å². The molecule has 0 spiro atoms. The number of nitrogens with two attached hydrogens (primary N) is 1. The maximum Gasteiger partial charge on any atom is 0.241 e. The number of benzene rings is 1. The van der Waals surface area contributed by atoms with Gasteiger partial charge in [-0.1, -0.05) is 20.3 Å². The lowest BCUT2D eigenvalue weighted by atomic mass is 9.94. The first-order chi connectivity index (χ1) is 9.76. The Morgan fingerprint density at radius 1 is 1.29 bits per heavy atom. The quantitative estimate of drug-likeness (QED) is 0.840. The van der Waals surface area contributed by atoms with Gasteiger partial charge in [0.25, 0.3) is 0 Å². The number of nitrogen functional groups attached to an aromatic ring is 1. The Morgan fingerprint density at radius 3 is 2.52 bits per heavy atom. The highest BCUT2D eigenvalue weighted by Crippen LogP contribution is 2.35. The second kappa shape index (κ2) is 5.97. The lowest BCUT2D eigenvalue weighted by Gasteiger charge is -2.22. The Hall–Kier alpha value is -1.07. The molecule has 1 saturated carbocycles. The SMILES string of the molecule is CCC1CCC(NS(=O)(=O)c2cc(C)cc(N)c2C)C1C. The smallest absolute Gasteiger partial charge is 0.241 e. The van der Waals surface area contributed by atoms with Crippen LogP contribution in [0.2, 0.25) is 0 Å². The van der Waals surface area contributed by atoms with Gasteiger partial charge in [-0.05, 0) is 61.8 Å². The molecule has 0 heterocycles. The van der Waals surface area contributed by atoms with E-state index in [2.05, 4.69) is 18.6 Å². The molecule has 3 N–H and O–H groups in total. The molecule has 0 bridgehead atoms. The van der Waals surface area contributed by atoms with E-state index in [0.717, 1.165) is 24.8 Å². The van der Waals surface area contributed by atoms with E-state index in [0.29, 0.717) is 28.0 Å². The molecule has 5 heteroatoms. The zero-order chi connectivity index (χ0) is 15.8. The molecule has 118 valence electrons. The Bertz CT molecular complexity index is 625. The van der Waals surface area contributed by atoms with Gasteiger partial charge in [0, 0.05) is 11.7 Å². The molecular formula is C16H26N2O2S. The number of nitrogens with one attached hydrogen (secondary N) is 1. The van der Waals surface area contributed by atoms with E-state index in [1.807, 2.05) is 6.92 Å². The zero-order valence-corrected chi connectivity index (χ0v) is 14.1. The average Bonchev–Trinajstić information content (AvgIpc) is 2.74. The van der Waals surface area contributed by atoms with Crippen molar-refractivity contribution in [2.45, 2.75) is 57.9 Å². The first-order valence-corrected chi connectivity index (χ1v) is 9.13. The molecule has 0 amide bonds. The molecule has 4 nitrogen and oxygen atoms in total. The summed E-state index contributed by atoms with van der Waals surface area (Å²) in [6.07, 6.45) is 3.12. The number of aryl methyl sites for hydroxylation is 1.